The first-order valence-corrected chi connectivity index (χ1v) is 10.6. The number of amides is 1. The van der Waals surface area contributed by atoms with Crippen LogP contribution in [0.5, 0.6) is 5.75 Å². The van der Waals surface area contributed by atoms with Crippen LogP contribution < -0.4 is 15.4 Å². The summed E-state index contributed by atoms with van der Waals surface area (Å²) in [4.78, 5) is 29.9. The van der Waals surface area contributed by atoms with E-state index in [-0.39, 0.29) is 5.91 Å². The van der Waals surface area contributed by atoms with E-state index >= 15 is 0 Å². The monoisotopic (exact) mass is 469 g/mol. The molecular weight excluding hydrogens is 449 g/mol. The molecule has 2 N–H and O–H groups in total. The molecule has 0 aliphatic rings. The van der Waals surface area contributed by atoms with E-state index in [2.05, 4.69) is 30.6 Å². The molecule has 3 aromatic carbocycles. The highest BCUT2D eigenvalue weighted by molar-refractivity contribution is 6.04. The van der Waals surface area contributed by atoms with Crippen molar-refractivity contribution in [1.29, 1.82) is 0 Å². The molecule has 5 rings (SSSR count). The number of imidazole rings is 1. The highest BCUT2D eigenvalue weighted by Gasteiger charge is 2.13. The molecule has 0 fully saturated rings. The van der Waals surface area contributed by atoms with Gasteiger partial charge in [-0.2, -0.15) is 4.98 Å². The summed E-state index contributed by atoms with van der Waals surface area (Å²) in [7, 11) is 3.30. The Kier molecular flexibility index (Phi) is 5.76. The number of fused-ring (bicyclic) bond motifs is 1. The van der Waals surface area contributed by atoms with Gasteiger partial charge in [-0.25, -0.2) is 19.3 Å². The molecule has 0 radical (unpaired) electrons. The SMILES string of the molecule is COc1cc(F)ccc1-c1ncnc(Nc2ccc(C(=O)Nc3nc4ccccc4n3C)cc2)n1. The smallest absolute Gasteiger partial charge is 0.257 e. The summed E-state index contributed by atoms with van der Waals surface area (Å²) >= 11 is 0. The number of anilines is 3. The molecule has 2 aromatic heterocycles. The summed E-state index contributed by atoms with van der Waals surface area (Å²) in [5.41, 5.74) is 3.41. The third-order valence-corrected chi connectivity index (χ3v) is 5.39. The molecule has 1 amide bonds. The summed E-state index contributed by atoms with van der Waals surface area (Å²) in [6, 6.07) is 18.6. The Morgan fingerprint density at radius 1 is 1.00 bits per heavy atom. The minimum absolute atomic E-state index is 0.277. The predicted octanol–water partition coefficient (Wildman–Crippen LogP) is 4.57. The number of aromatic nitrogens is 5. The van der Waals surface area contributed by atoms with E-state index in [1.807, 2.05) is 35.9 Å². The van der Waals surface area contributed by atoms with Crippen molar-refractivity contribution in [2.24, 2.45) is 7.05 Å². The normalized spacial score (nSPS) is 10.8. The van der Waals surface area contributed by atoms with E-state index in [4.69, 9.17) is 4.74 Å². The average Bonchev–Trinajstić information content (AvgIpc) is 3.19. The quantitative estimate of drug-likeness (QED) is 0.375. The van der Waals surface area contributed by atoms with Gasteiger partial charge in [0.15, 0.2) is 5.82 Å². The first-order valence-electron chi connectivity index (χ1n) is 10.6. The molecule has 0 aliphatic heterocycles. The maximum atomic E-state index is 13.5. The van der Waals surface area contributed by atoms with Crippen LogP contribution in [0, 0.1) is 5.82 Å². The average molecular weight is 469 g/mol. The number of halogens is 1. The Hall–Kier alpha value is -4.86. The minimum atomic E-state index is -0.418. The molecule has 10 heteroatoms. The summed E-state index contributed by atoms with van der Waals surface area (Å²) in [5.74, 6) is 0.709. The van der Waals surface area contributed by atoms with Gasteiger partial charge < -0.3 is 14.6 Å². The van der Waals surface area contributed by atoms with Gasteiger partial charge in [0.2, 0.25) is 11.9 Å². The Morgan fingerprint density at radius 2 is 1.80 bits per heavy atom. The lowest BCUT2D eigenvalue weighted by Crippen LogP contribution is -2.15. The maximum Gasteiger partial charge on any atom is 0.257 e. The lowest BCUT2D eigenvalue weighted by molar-refractivity contribution is 0.102. The number of para-hydroxylation sites is 2. The number of hydrogen-bond donors (Lipinski definition) is 2. The van der Waals surface area contributed by atoms with E-state index < -0.39 is 5.82 Å². The van der Waals surface area contributed by atoms with Gasteiger partial charge in [0.1, 0.15) is 17.9 Å². The van der Waals surface area contributed by atoms with Crippen molar-refractivity contribution >= 4 is 34.5 Å². The lowest BCUT2D eigenvalue weighted by Gasteiger charge is -2.10. The number of carbonyl (C=O) groups excluding carboxylic acids is 1. The van der Waals surface area contributed by atoms with Crippen molar-refractivity contribution in [2.75, 3.05) is 17.7 Å². The minimum Gasteiger partial charge on any atom is -0.496 e. The van der Waals surface area contributed by atoms with Crippen LogP contribution >= 0.6 is 0 Å². The Morgan fingerprint density at radius 3 is 2.57 bits per heavy atom. The number of nitrogens with one attached hydrogen (secondary N) is 2. The number of rotatable bonds is 6. The molecule has 0 spiro atoms. The molecular formula is C25H20FN7O2. The molecule has 5 aromatic rings. The number of hydrogen-bond acceptors (Lipinski definition) is 7. The van der Waals surface area contributed by atoms with E-state index in [0.29, 0.717) is 40.3 Å². The van der Waals surface area contributed by atoms with Crippen LogP contribution in [0.1, 0.15) is 10.4 Å². The van der Waals surface area contributed by atoms with Crippen molar-refractivity contribution in [3.63, 3.8) is 0 Å². The van der Waals surface area contributed by atoms with Crippen LogP contribution in [-0.4, -0.2) is 37.5 Å². The fourth-order valence-electron chi connectivity index (χ4n) is 3.60. The summed E-state index contributed by atoms with van der Waals surface area (Å²) < 4.78 is 20.6. The van der Waals surface area contributed by atoms with E-state index in [1.165, 1.54) is 25.6 Å². The molecule has 2 heterocycles. The first kappa shape index (κ1) is 22.0. The van der Waals surface area contributed by atoms with Crippen LogP contribution in [0.2, 0.25) is 0 Å². The maximum absolute atomic E-state index is 13.5. The van der Waals surface area contributed by atoms with Crippen molar-refractivity contribution in [3.8, 4) is 17.1 Å². The number of nitrogens with zero attached hydrogens (tertiary/aromatic N) is 5. The summed E-state index contributed by atoms with van der Waals surface area (Å²) in [6.45, 7) is 0. The van der Waals surface area contributed by atoms with Crippen molar-refractivity contribution < 1.29 is 13.9 Å². The second kappa shape index (κ2) is 9.18. The molecule has 0 saturated carbocycles. The third kappa shape index (κ3) is 4.49. The zero-order valence-corrected chi connectivity index (χ0v) is 18.9. The number of aryl methyl sites for hydroxylation is 1. The van der Waals surface area contributed by atoms with Gasteiger partial charge in [-0.15, -0.1) is 0 Å². The molecule has 0 bridgehead atoms. The fraction of sp³-hybridized carbons (Fsp3) is 0.0800. The van der Waals surface area contributed by atoms with Crippen LogP contribution in [0.15, 0.2) is 73.1 Å². The number of benzene rings is 3. The number of methoxy groups -OCH3 is 1. The van der Waals surface area contributed by atoms with E-state index in [0.717, 1.165) is 11.0 Å². The summed E-state index contributed by atoms with van der Waals surface area (Å²) in [6.07, 6.45) is 1.35. The first-order chi connectivity index (χ1) is 17.0. The second-order valence-corrected chi connectivity index (χ2v) is 7.62. The Bertz CT molecular complexity index is 1530. The summed E-state index contributed by atoms with van der Waals surface area (Å²) in [5, 5.41) is 5.93. The molecule has 35 heavy (non-hydrogen) atoms. The standard InChI is InChI=1S/C25H20FN7O2/c1-33-20-6-4-3-5-19(20)30-25(33)32-23(34)15-7-10-17(11-8-15)29-24-28-14-27-22(31-24)18-12-9-16(26)13-21(18)35-2/h3-14H,1-2H3,(H,30,32,34)(H,27,28,29,31). The van der Waals surface area contributed by atoms with Gasteiger partial charge >= 0.3 is 0 Å². The Balaban J connectivity index is 1.31. The van der Waals surface area contributed by atoms with Gasteiger partial charge in [0.05, 0.1) is 23.7 Å². The van der Waals surface area contributed by atoms with Crippen molar-refractivity contribution in [3.05, 3.63) is 84.4 Å². The fourth-order valence-corrected chi connectivity index (χ4v) is 3.60. The molecule has 0 saturated heterocycles. The molecule has 0 aliphatic carbocycles. The topological polar surface area (TPSA) is 107 Å². The highest BCUT2D eigenvalue weighted by Crippen LogP contribution is 2.28. The van der Waals surface area contributed by atoms with E-state index in [1.54, 1.807) is 30.3 Å². The number of ether oxygens (including phenoxy) is 1. The molecule has 0 unspecified atom stereocenters. The van der Waals surface area contributed by atoms with Crippen molar-refractivity contribution in [2.45, 2.75) is 0 Å². The lowest BCUT2D eigenvalue weighted by atomic mass is 10.2. The Labute approximate surface area is 199 Å². The molecule has 9 nitrogen and oxygen atoms in total. The van der Waals surface area contributed by atoms with Gasteiger partial charge in [-0.05, 0) is 48.5 Å². The van der Waals surface area contributed by atoms with Gasteiger partial charge in [0.25, 0.3) is 5.91 Å². The van der Waals surface area contributed by atoms with Crippen LogP contribution in [0.3, 0.4) is 0 Å². The van der Waals surface area contributed by atoms with Gasteiger partial charge in [-0.1, -0.05) is 12.1 Å². The van der Waals surface area contributed by atoms with Gasteiger partial charge in [-0.3, -0.25) is 10.1 Å². The molecule has 0 atom stereocenters. The van der Waals surface area contributed by atoms with Crippen molar-refractivity contribution in [1.82, 2.24) is 24.5 Å². The van der Waals surface area contributed by atoms with Crippen LogP contribution in [0.4, 0.5) is 22.0 Å². The largest absolute Gasteiger partial charge is 0.496 e. The van der Waals surface area contributed by atoms with Gasteiger partial charge in [0, 0.05) is 24.4 Å². The zero-order chi connectivity index (χ0) is 24.4. The number of carbonyl (C=O) groups is 1. The zero-order valence-electron chi connectivity index (χ0n) is 18.9. The van der Waals surface area contributed by atoms with E-state index in [9.17, 15) is 9.18 Å². The third-order valence-electron chi connectivity index (χ3n) is 5.39. The highest BCUT2D eigenvalue weighted by atomic mass is 19.1. The molecule has 174 valence electrons. The van der Waals surface area contributed by atoms with Crippen LogP contribution in [-0.2, 0) is 7.05 Å². The predicted molar refractivity (Wildman–Crippen MR) is 130 cm³/mol. The second-order valence-electron chi connectivity index (χ2n) is 7.62. The van der Waals surface area contributed by atoms with Crippen LogP contribution in [0.25, 0.3) is 22.4 Å².